The maximum atomic E-state index is 9.91. The molecule has 2 aromatic rings. The third kappa shape index (κ3) is 2.65. The van der Waals surface area contributed by atoms with Gasteiger partial charge in [-0.3, -0.25) is 4.98 Å². The van der Waals surface area contributed by atoms with Crippen molar-refractivity contribution in [3.05, 3.63) is 53.2 Å². The molecule has 0 unspecified atom stereocenters. The van der Waals surface area contributed by atoms with E-state index < -0.39 is 5.60 Å². The number of aromatic nitrogens is 1. The van der Waals surface area contributed by atoms with Crippen molar-refractivity contribution in [3.8, 4) is 11.3 Å². The first-order valence-electron chi connectivity index (χ1n) is 5.42. The smallest absolute Gasteiger partial charge is 0.0869 e. The van der Waals surface area contributed by atoms with E-state index >= 15 is 0 Å². The van der Waals surface area contributed by atoms with E-state index in [1.807, 2.05) is 30.3 Å². The molecule has 0 fully saturated rings. The van der Waals surface area contributed by atoms with Crippen LogP contribution in [-0.4, -0.2) is 10.1 Å². The van der Waals surface area contributed by atoms with Gasteiger partial charge in [0.05, 0.1) is 16.3 Å². The molecule has 0 bridgehead atoms. The van der Waals surface area contributed by atoms with Crippen LogP contribution in [0.4, 0.5) is 0 Å². The number of hydrogen-bond donors (Lipinski definition) is 1. The Morgan fingerprint density at radius 1 is 1.18 bits per heavy atom. The first-order chi connectivity index (χ1) is 7.98. The normalized spacial score (nSPS) is 11.5. The van der Waals surface area contributed by atoms with Crippen molar-refractivity contribution in [2.75, 3.05) is 0 Å². The average Bonchev–Trinajstić information content (AvgIpc) is 2.28. The zero-order chi connectivity index (χ0) is 12.5. The molecule has 1 aromatic heterocycles. The minimum Gasteiger partial charge on any atom is -0.386 e. The molecule has 0 aliphatic rings. The topological polar surface area (TPSA) is 33.1 Å². The minimum atomic E-state index is -0.973. The maximum Gasteiger partial charge on any atom is 0.0869 e. The highest BCUT2D eigenvalue weighted by Crippen LogP contribution is 2.29. The standard InChI is InChI=1S/C14H14ClNO/c1-14(2,17)11-9-16-13(8-12(11)15)10-6-4-3-5-7-10/h3-9,17H,1-2H3. The van der Waals surface area contributed by atoms with Crippen LogP contribution in [0.25, 0.3) is 11.3 Å². The van der Waals surface area contributed by atoms with Crippen molar-refractivity contribution < 1.29 is 5.11 Å². The van der Waals surface area contributed by atoms with Gasteiger partial charge in [0.1, 0.15) is 0 Å². The maximum absolute atomic E-state index is 9.91. The lowest BCUT2D eigenvalue weighted by molar-refractivity contribution is 0.0784. The van der Waals surface area contributed by atoms with Gasteiger partial charge in [0.15, 0.2) is 0 Å². The molecule has 0 aliphatic carbocycles. The summed E-state index contributed by atoms with van der Waals surface area (Å²) in [6.07, 6.45) is 1.63. The van der Waals surface area contributed by atoms with Crippen LogP contribution in [0.5, 0.6) is 0 Å². The summed E-state index contributed by atoms with van der Waals surface area (Å²) < 4.78 is 0. The number of nitrogens with zero attached hydrogens (tertiary/aromatic N) is 1. The van der Waals surface area contributed by atoms with Crippen LogP contribution in [0.15, 0.2) is 42.6 Å². The van der Waals surface area contributed by atoms with E-state index in [4.69, 9.17) is 11.6 Å². The van der Waals surface area contributed by atoms with Gasteiger partial charge in [-0.05, 0) is 19.9 Å². The zero-order valence-corrected chi connectivity index (χ0v) is 10.6. The molecule has 0 saturated heterocycles. The average molecular weight is 248 g/mol. The van der Waals surface area contributed by atoms with E-state index in [2.05, 4.69) is 4.98 Å². The number of benzene rings is 1. The lowest BCUT2D eigenvalue weighted by Crippen LogP contribution is -2.16. The quantitative estimate of drug-likeness (QED) is 0.879. The molecule has 2 nitrogen and oxygen atoms in total. The predicted octanol–water partition coefficient (Wildman–Crippen LogP) is 3.63. The monoisotopic (exact) mass is 247 g/mol. The van der Waals surface area contributed by atoms with Gasteiger partial charge < -0.3 is 5.11 Å². The second kappa shape index (κ2) is 4.47. The molecule has 0 spiro atoms. The Labute approximate surface area is 106 Å². The largest absolute Gasteiger partial charge is 0.386 e. The summed E-state index contributed by atoms with van der Waals surface area (Å²) in [7, 11) is 0. The molecule has 0 atom stereocenters. The van der Waals surface area contributed by atoms with Crippen LogP contribution < -0.4 is 0 Å². The molecular formula is C14H14ClNO. The third-order valence-electron chi connectivity index (χ3n) is 2.58. The fraction of sp³-hybridized carbons (Fsp3) is 0.214. The Hall–Kier alpha value is -1.38. The Kier molecular flexibility index (Phi) is 3.18. The molecule has 2 rings (SSSR count). The summed E-state index contributed by atoms with van der Waals surface area (Å²) in [6.45, 7) is 3.39. The van der Waals surface area contributed by atoms with Gasteiger partial charge in [0.2, 0.25) is 0 Å². The number of aliphatic hydroxyl groups is 1. The van der Waals surface area contributed by atoms with Gasteiger partial charge in [-0.1, -0.05) is 41.9 Å². The van der Waals surface area contributed by atoms with Crippen LogP contribution in [0.3, 0.4) is 0 Å². The molecule has 1 heterocycles. The molecule has 17 heavy (non-hydrogen) atoms. The molecule has 3 heteroatoms. The SMILES string of the molecule is CC(C)(O)c1cnc(-c2ccccc2)cc1Cl. The summed E-state index contributed by atoms with van der Waals surface area (Å²) >= 11 is 6.16. The van der Waals surface area contributed by atoms with Crippen LogP contribution in [0.1, 0.15) is 19.4 Å². The molecule has 1 aromatic carbocycles. The second-order valence-corrected chi connectivity index (χ2v) is 4.88. The van der Waals surface area contributed by atoms with Crippen LogP contribution >= 0.6 is 11.6 Å². The van der Waals surface area contributed by atoms with Crippen molar-refractivity contribution in [2.45, 2.75) is 19.4 Å². The highest BCUT2D eigenvalue weighted by Gasteiger charge is 2.20. The lowest BCUT2D eigenvalue weighted by Gasteiger charge is -2.19. The Morgan fingerprint density at radius 3 is 2.35 bits per heavy atom. The molecule has 1 N–H and O–H groups in total. The highest BCUT2D eigenvalue weighted by atomic mass is 35.5. The van der Waals surface area contributed by atoms with Gasteiger partial charge in [-0.25, -0.2) is 0 Å². The van der Waals surface area contributed by atoms with Crippen LogP contribution in [-0.2, 0) is 5.60 Å². The first kappa shape index (κ1) is 12.1. The number of pyridine rings is 1. The fourth-order valence-electron chi connectivity index (χ4n) is 1.65. The van der Waals surface area contributed by atoms with Crippen LogP contribution in [0, 0.1) is 0 Å². The Morgan fingerprint density at radius 2 is 1.82 bits per heavy atom. The highest BCUT2D eigenvalue weighted by molar-refractivity contribution is 6.31. The fourth-order valence-corrected chi connectivity index (χ4v) is 2.03. The van der Waals surface area contributed by atoms with Crippen LogP contribution in [0.2, 0.25) is 5.02 Å². The van der Waals surface area contributed by atoms with Gasteiger partial charge in [-0.2, -0.15) is 0 Å². The van der Waals surface area contributed by atoms with E-state index in [1.54, 1.807) is 26.1 Å². The van der Waals surface area contributed by atoms with Crippen molar-refractivity contribution in [1.82, 2.24) is 4.98 Å². The first-order valence-corrected chi connectivity index (χ1v) is 5.80. The number of halogens is 1. The van der Waals surface area contributed by atoms with E-state index in [-0.39, 0.29) is 0 Å². The van der Waals surface area contributed by atoms with Gasteiger partial charge in [0, 0.05) is 17.3 Å². The lowest BCUT2D eigenvalue weighted by atomic mass is 9.99. The molecule has 0 amide bonds. The molecule has 0 aliphatic heterocycles. The summed E-state index contributed by atoms with van der Waals surface area (Å²) in [6, 6.07) is 11.6. The van der Waals surface area contributed by atoms with Crippen molar-refractivity contribution in [3.63, 3.8) is 0 Å². The summed E-state index contributed by atoms with van der Waals surface area (Å²) in [5.74, 6) is 0. The zero-order valence-electron chi connectivity index (χ0n) is 9.81. The van der Waals surface area contributed by atoms with E-state index in [0.29, 0.717) is 10.6 Å². The van der Waals surface area contributed by atoms with Gasteiger partial charge in [-0.15, -0.1) is 0 Å². The number of hydrogen-bond acceptors (Lipinski definition) is 2. The molecule has 88 valence electrons. The third-order valence-corrected chi connectivity index (χ3v) is 2.89. The minimum absolute atomic E-state index is 0.534. The summed E-state index contributed by atoms with van der Waals surface area (Å²) in [5.41, 5.74) is 1.48. The Bertz CT molecular complexity index is 517. The van der Waals surface area contributed by atoms with Crippen molar-refractivity contribution in [1.29, 1.82) is 0 Å². The van der Waals surface area contributed by atoms with E-state index in [1.165, 1.54) is 0 Å². The van der Waals surface area contributed by atoms with Gasteiger partial charge >= 0.3 is 0 Å². The van der Waals surface area contributed by atoms with Gasteiger partial charge in [0.25, 0.3) is 0 Å². The van der Waals surface area contributed by atoms with Crippen molar-refractivity contribution in [2.24, 2.45) is 0 Å². The second-order valence-electron chi connectivity index (χ2n) is 4.47. The molecular weight excluding hydrogens is 234 g/mol. The molecule has 0 radical (unpaired) electrons. The molecule has 0 saturated carbocycles. The predicted molar refractivity (Wildman–Crippen MR) is 69.9 cm³/mol. The Balaban J connectivity index is 2.45. The van der Waals surface area contributed by atoms with E-state index in [9.17, 15) is 5.11 Å². The summed E-state index contributed by atoms with van der Waals surface area (Å²) in [4.78, 5) is 4.33. The van der Waals surface area contributed by atoms with Crippen molar-refractivity contribution >= 4 is 11.6 Å². The number of rotatable bonds is 2. The van der Waals surface area contributed by atoms with E-state index in [0.717, 1.165) is 11.3 Å². The summed E-state index contributed by atoms with van der Waals surface area (Å²) in [5, 5.41) is 10.4.